The van der Waals surface area contributed by atoms with Gasteiger partial charge in [0.05, 0.1) is 10.1 Å². The first-order valence-corrected chi connectivity index (χ1v) is 5.95. The molecular formula is C9H10Cl4O2. The van der Waals surface area contributed by atoms with E-state index in [0.717, 1.165) is 0 Å². The van der Waals surface area contributed by atoms with Gasteiger partial charge in [0.2, 0.25) is 5.79 Å². The highest BCUT2D eigenvalue weighted by molar-refractivity contribution is 6.51. The second kappa shape index (κ2) is 3.41. The minimum absolute atomic E-state index is 0.329. The Morgan fingerprint density at radius 3 is 1.47 bits per heavy atom. The van der Waals surface area contributed by atoms with Crippen LogP contribution in [0.2, 0.25) is 0 Å². The Morgan fingerprint density at radius 1 is 0.933 bits per heavy atom. The largest absolute Gasteiger partial charge is 0.350 e. The van der Waals surface area contributed by atoms with Crippen LogP contribution < -0.4 is 0 Å². The number of halogens is 4. The molecule has 2 nitrogen and oxygen atoms in total. The van der Waals surface area contributed by atoms with E-state index < -0.39 is 15.5 Å². The summed E-state index contributed by atoms with van der Waals surface area (Å²) >= 11 is 25.1. The lowest BCUT2D eigenvalue weighted by molar-refractivity contribution is -0.216. The molecule has 0 radical (unpaired) electrons. The van der Waals surface area contributed by atoms with Gasteiger partial charge in [0.25, 0.3) is 0 Å². The number of alkyl halides is 2. The molecule has 2 atom stereocenters. The maximum atomic E-state index is 6.45. The summed E-state index contributed by atoms with van der Waals surface area (Å²) in [5.74, 6) is -1.18. The van der Waals surface area contributed by atoms with Crippen molar-refractivity contribution in [2.24, 2.45) is 0 Å². The van der Waals surface area contributed by atoms with Crippen molar-refractivity contribution in [3.63, 3.8) is 0 Å². The van der Waals surface area contributed by atoms with Crippen LogP contribution in [0.4, 0.5) is 0 Å². The molecule has 0 aromatic heterocycles. The molecule has 0 heterocycles. The summed E-state index contributed by atoms with van der Waals surface area (Å²) in [7, 11) is 2.98. The Bertz CT molecular complexity index is 311. The van der Waals surface area contributed by atoms with E-state index >= 15 is 0 Å². The van der Waals surface area contributed by atoms with E-state index in [4.69, 9.17) is 55.9 Å². The molecule has 0 amide bonds. The van der Waals surface area contributed by atoms with Crippen LogP contribution in [0.15, 0.2) is 10.1 Å². The summed E-state index contributed by atoms with van der Waals surface area (Å²) in [4.78, 5) is -1.95. The van der Waals surface area contributed by atoms with Crippen molar-refractivity contribution in [2.45, 2.75) is 28.4 Å². The summed E-state index contributed by atoms with van der Waals surface area (Å²) in [5.41, 5.74) is 0. The van der Waals surface area contributed by atoms with E-state index in [1.807, 2.05) is 0 Å². The Hall–Kier alpha value is 0.820. The molecule has 2 aliphatic carbocycles. The zero-order valence-corrected chi connectivity index (χ0v) is 11.3. The lowest BCUT2D eigenvalue weighted by Crippen LogP contribution is -2.55. The SMILES string of the molecule is COC1(OC)[C@@]2(Cl)CC[C@]1(Cl)C(Cl)=C2Cl. The maximum absolute atomic E-state index is 6.45. The summed E-state index contributed by atoms with van der Waals surface area (Å²) in [6, 6.07) is 0. The monoisotopic (exact) mass is 290 g/mol. The molecule has 0 saturated heterocycles. The fraction of sp³-hybridized carbons (Fsp3) is 0.778. The number of hydrogen-bond donors (Lipinski definition) is 0. The third kappa shape index (κ3) is 1.07. The molecule has 0 aromatic carbocycles. The summed E-state index contributed by atoms with van der Waals surface area (Å²) in [6.45, 7) is 0. The lowest BCUT2D eigenvalue weighted by atomic mass is 10.0. The number of ether oxygens (including phenoxy) is 2. The molecule has 0 unspecified atom stereocenters. The van der Waals surface area contributed by atoms with Crippen LogP contribution >= 0.6 is 46.4 Å². The van der Waals surface area contributed by atoms with Gasteiger partial charge in [-0.2, -0.15) is 0 Å². The van der Waals surface area contributed by atoms with E-state index in [9.17, 15) is 0 Å². The van der Waals surface area contributed by atoms with E-state index in [2.05, 4.69) is 0 Å². The van der Waals surface area contributed by atoms with Crippen LogP contribution in [0.1, 0.15) is 12.8 Å². The van der Waals surface area contributed by atoms with Gasteiger partial charge in [-0.3, -0.25) is 0 Å². The zero-order chi connectivity index (χ0) is 11.5. The third-order valence-electron chi connectivity index (χ3n) is 3.32. The van der Waals surface area contributed by atoms with Gasteiger partial charge >= 0.3 is 0 Å². The third-order valence-corrected chi connectivity index (χ3v) is 5.89. The number of hydrogen-bond acceptors (Lipinski definition) is 2. The Balaban J connectivity index is 2.65. The van der Waals surface area contributed by atoms with Crippen molar-refractivity contribution < 1.29 is 9.47 Å². The normalized spacial score (nSPS) is 42.8. The molecule has 2 bridgehead atoms. The van der Waals surface area contributed by atoms with E-state index in [0.29, 0.717) is 22.9 Å². The molecule has 2 aliphatic rings. The van der Waals surface area contributed by atoms with E-state index in [1.54, 1.807) is 0 Å². The maximum Gasteiger partial charge on any atom is 0.217 e. The topological polar surface area (TPSA) is 18.5 Å². The molecular weight excluding hydrogens is 282 g/mol. The van der Waals surface area contributed by atoms with Gasteiger partial charge in [0.15, 0.2) is 0 Å². The van der Waals surface area contributed by atoms with Crippen LogP contribution in [0.25, 0.3) is 0 Å². The predicted molar refractivity (Wildman–Crippen MR) is 61.9 cm³/mol. The minimum Gasteiger partial charge on any atom is -0.350 e. The first-order valence-electron chi connectivity index (χ1n) is 4.44. The predicted octanol–water partition coefficient (Wildman–Crippen LogP) is 3.43. The zero-order valence-electron chi connectivity index (χ0n) is 8.24. The summed E-state index contributed by atoms with van der Waals surface area (Å²) in [5, 5.41) is 0.659. The highest BCUT2D eigenvalue weighted by atomic mass is 35.5. The average Bonchev–Trinajstić information content (AvgIpc) is 2.53. The van der Waals surface area contributed by atoms with Gasteiger partial charge in [-0.25, -0.2) is 0 Å². The Kier molecular flexibility index (Phi) is 2.79. The molecule has 0 aromatic rings. The fourth-order valence-corrected chi connectivity index (χ4v) is 4.49. The van der Waals surface area contributed by atoms with Crippen molar-refractivity contribution in [3.8, 4) is 0 Å². The number of methoxy groups -OCH3 is 2. The van der Waals surface area contributed by atoms with Gasteiger partial charge in [0, 0.05) is 14.2 Å². The van der Waals surface area contributed by atoms with Crippen molar-refractivity contribution in [1.29, 1.82) is 0 Å². The summed E-state index contributed by atoms with van der Waals surface area (Å²) < 4.78 is 10.8. The Morgan fingerprint density at radius 2 is 1.27 bits per heavy atom. The molecule has 2 rings (SSSR count). The molecule has 86 valence electrons. The highest BCUT2D eigenvalue weighted by Gasteiger charge is 2.77. The molecule has 0 aliphatic heterocycles. The van der Waals surface area contributed by atoms with Crippen LogP contribution in [0.3, 0.4) is 0 Å². The van der Waals surface area contributed by atoms with E-state index in [1.165, 1.54) is 14.2 Å². The van der Waals surface area contributed by atoms with Crippen LogP contribution in [0.5, 0.6) is 0 Å². The molecule has 6 heteroatoms. The van der Waals surface area contributed by atoms with Gasteiger partial charge in [-0.15, -0.1) is 23.2 Å². The standard InChI is InChI=1S/C9H10Cl4O2/c1-14-9(15-2)7(12)3-4-8(9,13)6(11)5(7)10/h3-4H2,1-2H3/t7-,8+. The number of rotatable bonds is 2. The van der Waals surface area contributed by atoms with Gasteiger partial charge in [-0.05, 0) is 12.8 Å². The quantitative estimate of drug-likeness (QED) is 0.573. The smallest absolute Gasteiger partial charge is 0.217 e. The van der Waals surface area contributed by atoms with Crippen molar-refractivity contribution in [1.82, 2.24) is 0 Å². The van der Waals surface area contributed by atoms with Crippen LogP contribution in [0, 0.1) is 0 Å². The van der Waals surface area contributed by atoms with Gasteiger partial charge in [0.1, 0.15) is 9.75 Å². The van der Waals surface area contributed by atoms with Gasteiger partial charge < -0.3 is 9.47 Å². The fourth-order valence-electron chi connectivity index (χ4n) is 2.57. The molecule has 0 spiro atoms. The minimum atomic E-state index is -1.18. The molecule has 1 saturated carbocycles. The Labute approximate surface area is 108 Å². The first-order chi connectivity index (χ1) is 6.89. The van der Waals surface area contributed by atoms with Crippen molar-refractivity contribution in [3.05, 3.63) is 10.1 Å². The first kappa shape index (κ1) is 12.3. The van der Waals surface area contributed by atoms with Crippen LogP contribution in [-0.4, -0.2) is 29.8 Å². The second-order valence-electron chi connectivity index (χ2n) is 3.76. The lowest BCUT2D eigenvalue weighted by Gasteiger charge is -2.40. The number of fused-ring (bicyclic) bond motifs is 2. The van der Waals surface area contributed by atoms with Gasteiger partial charge in [-0.1, -0.05) is 23.2 Å². The van der Waals surface area contributed by atoms with Crippen molar-refractivity contribution in [2.75, 3.05) is 14.2 Å². The van der Waals surface area contributed by atoms with E-state index in [-0.39, 0.29) is 0 Å². The molecule has 15 heavy (non-hydrogen) atoms. The second-order valence-corrected chi connectivity index (χ2v) is 5.80. The molecule has 0 N–H and O–H groups in total. The summed E-state index contributed by atoms with van der Waals surface area (Å²) in [6.07, 6.45) is 1.16. The highest BCUT2D eigenvalue weighted by Crippen LogP contribution is 2.69. The van der Waals surface area contributed by atoms with Crippen molar-refractivity contribution >= 4 is 46.4 Å². The van der Waals surface area contributed by atoms with Crippen LogP contribution in [-0.2, 0) is 9.47 Å². The average molecular weight is 292 g/mol. The molecule has 1 fully saturated rings.